The molecule has 4 aromatic heterocycles. The van der Waals surface area contributed by atoms with Crippen molar-refractivity contribution in [1.29, 1.82) is 0 Å². The second-order valence-corrected chi connectivity index (χ2v) is 10.6. The average Bonchev–Trinajstić information content (AvgIpc) is 3.34. The molecule has 0 saturated heterocycles. The number of rotatable bonds is 4. The van der Waals surface area contributed by atoms with E-state index in [-0.39, 0.29) is 16.2 Å². The fourth-order valence-electron chi connectivity index (χ4n) is 2.85. The summed E-state index contributed by atoms with van der Waals surface area (Å²) in [6.07, 6.45) is 0. The molecule has 0 aliphatic heterocycles. The molecule has 0 fully saturated rings. The van der Waals surface area contributed by atoms with Gasteiger partial charge in [0, 0.05) is 21.2 Å². The highest BCUT2D eigenvalue weighted by Gasteiger charge is 2.25. The van der Waals surface area contributed by atoms with Gasteiger partial charge in [0.05, 0.1) is 10.6 Å². The second kappa shape index (κ2) is 7.02. The first kappa shape index (κ1) is 19.2. The largest absolute Gasteiger partial charge is 0.336 e. The summed E-state index contributed by atoms with van der Waals surface area (Å²) < 4.78 is 1.51. The van der Waals surface area contributed by atoms with Crippen LogP contribution in [0.4, 0.5) is 0 Å². The van der Waals surface area contributed by atoms with Crippen LogP contribution in [0.15, 0.2) is 32.8 Å². The summed E-state index contributed by atoms with van der Waals surface area (Å²) >= 11 is 4.52. The van der Waals surface area contributed by atoms with Crippen molar-refractivity contribution in [3.8, 4) is 10.4 Å². The summed E-state index contributed by atoms with van der Waals surface area (Å²) in [6, 6.07) is 3.99. The van der Waals surface area contributed by atoms with Crippen molar-refractivity contribution in [1.82, 2.24) is 24.8 Å². The molecule has 4 rings (SSSR count). The van der Waals surface area contributed by atoms with E-state index in [4.69, 9.17) is 10.8 Å². The number of thiophene rings is 2. The highest BCUT2D eigenvalue weighted by molar-refractivity contribution is 7.99. The zero-order valence-electron chi connectivity index (χ0n) is 15.9. The number of H-pyrrole nitrogens is 1. The quantitative estimate of drug-likeness (QED) is 0.371. The SMILES string of the molecule is CC(Sc1nnc(C(C)(C)C)n1N)c1nc2scc(-c3cccs3)c2c(=O)[nH]1. The number of aromatic nitrogens is 5. The second-order valence-electron chi connectivity index (χ2n) is 7.44. The van der Waals surface area contributed by atoms with Crippen molar-refractivity contribution in [3.63, 3.8) is 0 Å². The molecule has 4 aromatic rings. The van der Waals surface area contributed by atoms with E-state index < -0.39 is 0 Å². The molecule has 0 spiro atoms. The number of nitrogen functional groups attached to an aromatic ring is 1. The minimum absolute atomic E-state index is 0.123. The molecule has 0 aliphatic carbocycles. The summed E-state index contributed by atoms with van der Waals surface area (Å²) in [7, 11) is 0. The predicted octanol–water partition coefficient (Wildman–Crippen LogP) is 4.17. The van der Waals surface area contributed by atoms with E-state index in [0.717, 1.165) is 15.3 Å². The molecular formula is C18H20N6OS3. The highest BCUT2D eigenvalue weighted by Crippen LogP contribution is 2.36. The van der Waals surface area contributed by atoms with Crippen LogP contribution in [0, 0.1) is 0 Å². The molecule has 1 unspecified atom stereocenters. The molecule has 10 heteroatoms. The van der Waals surface area contributed by atoms with Crippen molar-refractivity contribution in [3.05, 3.63) is 44.9 Å². The molecule has 1 atom stereocenters. The maximum atomic E-state index is 12.8. The van der Waals surface area contributed by atoms with Gasteiger partial charge in [-0.15, -0.1) is 32.9 Å². The number of fused-ring (bicyclic) bond motifs is 1. The van der Waals surface area contributed by atoms with Gasteiger partial charge in [0.1, 0.15) is 10.7 Å². The Hall–Kier alpha value is -2.17. The van der Waals surface area contributed by atoms with E-state index in [9.17, 15) is 4.79 Å². The van der Waals surface area contributed by atoms with Crippen LogP contribution in [0.3, 0.4) is 0 Å². The Kier molecular flexibility index (Phi) is 4.80. The summed E-state index contributed by atoms with van der Waals surface area (Å²) in [5.41, 5.74) is 0.610. The number of nitrogens with two attached hydrogens (primary N) is 1. The molecule has 0 radical (unpaired) electrons. The minimum Gasteiger partial charge on any atom is -0.336 e. The number of hydrogen-bond donors (Lipinski definition) is 2. The molecule has 7 nitrogen and oxygen atoms in total. The van der Waals surface area contributed by atoms with Crippen LogP contribution in [0.1, 0.15) is 44.6 Å². The van der Waals surface area contributed by atoms with Gasteiger partial charge in [0.25, 0.3) is 5.56 Å². The Morgan fingerprint density at radius 2 is 2.07 bits per heavy atom. The lowest BCUT2D eigenvalue weighted by Crippen LogP contribution is -2.24. The highest BCUT2D eigenvalue weighted by atomic mass is 32.2. The van der Waals surface area contributed by atoms with Crippen molar-refractivity contribution in [2.24, 2.45) is 0 Å². The Morgan fingerprint density at radius 1 is 1.29 bits per heavy atom. The zero-order valence-corrected chi connectivity index (χ0v) is 18.3. The standard InChI is InChI=1S/C18H20N6OS3/c1-9(28-17-23-22-16(24(17)19)18(2,3)4)13-20-14(25)12-10(8-27-15(12)21-13)11-6-5-7-26-11/h5-9H,19H2,1-4H3,(H,20,21,25). The smallest absolute Gasteiger partial charge is 0.260 e. The van der Waals surface area contributed by atoms with E-state index in [1.807, 2.05) is 50.6 Å². The van der Waals surface area contributed by atoms with Crippen LogP contribution in [0.5, 0.6) is 0 Å². The third-order valence-electron chi connectivity index (χ3n) is 4.25. The van der Waals surface area contributed by atoms with Gasteiger partial charge in [-0.05, 0) is 18.4 Å². The number of aromatic amines is 1. The topological polar surface area (TPSA) is 102 Å². The maximum absolute atomic E-state index is 12.8. The van der Waals surface area contributed by atoms with Gasteiger partial charge in [-0.1, -0.05) is 38.6 Å². The first-order valence-electron chi connectivity index (χ1n) is 8.68. The summed E-state index contributed by atoms with van der Waals surface area (Å²) in [5.74, 6) is 7.48. The lowest BCUT2D eigenvalue weighted by atomic mass is 9.96. The van der Waals surface area contributed by atoms with E-state index >= 15 is 0 Å². The lowest BCUT2D eigenvalue weighted by Gasteiger charge is -2.17. The number of nitrogens with one attached hydrogen (secondary N) is 1. The third-order valence-corrected chi connectivity index (χ3v) is 7.09. The van der Waals surface area contributed by atoms with Crippen molar-refractivity contribution < 1.29 is 0 Å². The first-order chi connectivity index (χ1) is 13.3. The van der Waals surface area contributed by atoms with Gasteiger partial charge in [-0.3, -0.25) is 4.79 Å². The maximum Gasteiger partial charge on any atom is 0.260 e. The third kappa shape index (κ3) is 3.36. The Labute approximate surface area is 174 Å². The van der Waals surface area contributed by atoms with E-state index in [1.165, 1.54) is 27.8 Å². The fraction of sp³-hybridized carbons (Fsp3) is 0.333. The van der Waals surface area contributed by atoms with Crippen molar-refractivity contribution in [2.75, 3.05) is 5.84 Å². The molecule has 28 heavy (non-hydrogen) atoms. The van der Waals surface area contributed by atoms with E-state index in [0.29, 0.717) is 22.2 Å². The Morgan fingerprint density at radius 3 is 2.71 bits per heavy atom. The Balaban J connectivity index is 1.67. The molecule has 0 saturated carbocycles. The predicted molar refractivity (Wildman–Crippen MR) is 117 cm³/mol. The summed E-state index contributed by atoms with van der Waals surface area (Å²) in [6.45, 7) is 8.07. The average molecular weight is 433 g/mol. The van der Waals surface area contributed by atoms with Gasteiger partial charge in [-0.2, -0.15) is 0 Å². The minimum atomic E-state index is -0.204. The molecule has 146 valence electrons. The van der Waals surface area contributed by atoms with Crippen LogP contribution in [0.2, 0.25) is 0 Å². The summed E-state index contributed by atoms with van der Waals surface area (Å²) in [5, 5.41) is 13.5. The van der Waals surface area contributed by atoms with Gasteiger partial charge in [-0.25, -0.2) is 9.66 Å². The van der Waals surface area contributed by atoms with Crippen LogP contribution in [-0.2, 0) is 5.41 Å². The van der Waals surface area contributed by atoms with E-state index in [1.54, 1.807) is 11.3 Å². The fourth-order valence-corrected chi connectivity index (χ4v) is 5.45. The van der Waals surface area contributed by atoms with Gasteiger partial charge in [0.2, 0.25) is 5.16 Å². The molecule has 0 bridgehead atoms. The number of hydrogen-bond acceptors (Lipinski definition) is 8. The van der Waals surface area contributed by atoms with Crippen LogP contribution < -0.4 is 11.4 Å². The van der Waals surface area contributed by atoms with Crippen LogP contribution in [-0.4, -0.2) is 24.8 Å². The Bertz CT molecular complexity index is 1180. The van der Waals surface area contributed by atoms with Gasteiger partial charge >= 0.3 is 0 Å². The normalized spacial score (nSPS) is 13.3. The van der Waals surface area contributed by atoms with Crippen LogP contribution >= 0.6 is 34.4 Å². The van der Waals surface area contributed by atoms with Crippen LogP contribution in [0.25, 0.3) is 20.7 Å². The van der Waals surface area contributed by atoms with Crippen molar-refractivity contribution >= 4 is 44.7 Å². The van der Waals surface area contributed by atoms with Gasteiger partial charge < -0.3 is 10.8 Å². The molecule has 0 aliphatic rings. The van der Waals surface area contributed by atoms with Gasteiger partial charge in [0.15, 0.2) is 5.82 Å². The summed E-state index contributed by atoms with van der Waals surface area (Å²) in [4.78, 5) is 22.2. The van der Waals surface area contributed by atoms with Crippen molar-refractivity contribution in [2.45, 2.75) is 43.5 Å². The molecular weight excluding hydrogens is 412 g/mol. The number of nitrogens with zero attached hydrogens (tertiary/aromatic N) is 4. The first-order valence-corrected chi connectivity index (χ1v) is 11.3. The molecule has 0 aromatic carbocycles. The molecule has 0 amide bonds. The monoisotopic (exact) mass is 432 g/mol. The van der Waals surface area contributed by atoms with E-state index in [2.05, 4.69) is 15.2 Å². The molecule has 3 N–H and O–H groups in total. The lowest BCUT2D eigenvalue weighted by molar-refractivity contribution is 0.523. The number of thioether (sulfide) groups is 1. The molecule has 4 heterocycles. The zero-order chi connectivity index (χ0) is 20.1.